The van der Waals surface area contributed by atoms with Crippen LogP contribution in [0.15, 0.2) is 48.7 Å². The Morgan fingerprint density at radius 3 is 2.47 bits per heavy atom. The Morgan fingerprint density at radius 1 is 1.07 bits per heavy atom. The maximum atomic E-state index is 15.4. The first-order valence-electron chi connectivity index (χ1n) is 16.5. The minimum atomic E-state index is -0.751. The molecule has 3 aromatic rings. The minimum Gasteiger partial charge on any atom is -0.485 e. The van der Waals surface area contributed by atoms with Gasteiger partial charge < -0.3 is 14.6 Å². The number of aromatic nitrogens is 1. The number of nitrogens with zero attached hydrogens (tertiary/aromatic N) is 2. The molecule has 7 heteroatoms. The quantitative estimate of drug-likeness (QED) is 0.260. The third-order valence-electron chi connectivity index (χ3n) is 10.7. The van der Waals surface area contributed by atoms with E-state index in [1.165, 1.54) is 12.6 Å². The van der Waals surface area contributed by atoms with Gasteiger partial charge in [-0.1, -0.05) is 37.3 Å². The third-order valence-corrected chi connectivity index (χ3v) is 10.7. The number of hydrogen-bond acceptors (Lipinski definition) is 5. The van der Waals surface area contributed by atoms with E-state index >= 15 is 4.39 Å². The summed E-state index contributed by atoms with van der Waals surface area (Å²) < 4.78 is 27.4. The van der Waals surface area contributed by atoms with Gasteiger partial charge in [0.05, 0.1) is 19.2 Å². The van der Waals surface area contributed by atoms with Crippen molar-refractivity contribution in [3.05, 3.63) is 76.7 Å². The third kappa shape index (κ3) is 6.33. The number of rotatable bonds is 9. The van der Waals surface area contributed by atoms with Crippen molar-refractivity contribution in [1.29, 1.82) is 0 Å². The molecule has 0 bridgehead atoms. The first-order valence-corrected chi connectivity index (χ1v) is 16.5. The number of aliphatic carboxylic acids is 1. The van der Waals surface area contributed by atoms with Crippen molar-refractivity contribution in [3.8, 4) is 22.8 Å². The summed E-state index contributed by atoms with van der Waals surface area (Å²) in [5.41, 5.74) is 5.63. The van der Waals surface area contributed by atoms with Crippen LogP contribution >= 0.6 is 0 Å². The molecule has 0 amide bonds. The Bertz CT molecular complexity index is 1560. The van der Waals surface area contributed by atoms with Gasteiger partial charge in [-0.3, -0.25) is 9.69 Å². The normalized spacial score (nSPS) is 22.2. The summed E-state index contributed by atoms with van der Waals surface area (Å²) in [6, 6.07) is 14.3. The van der Waals surface area contributed by atoms with Crippen molar-refractivity contribution in [2.75, 3.05) is 7.11 Å². The molecule has 2 aliphatic heterocycles. The Kier molecular flexibility index (Phi) is 8.44. The van der Waals surface area contributed by atoms with E-state index in [0.29, 0.717) is 23.9 Å². The summed E-state index contributed by atoms with van der Waals surface area (Å²) in [4.78, 5) is 18.6. The lowest BCUT2D eigenvalue weighted by atomic mass is 9.79. The summed E-state index contributed by atoms with van der Waals surface area (Å²) in [6.07, 6.45) is 8.34. The lowest BCUT2D eigenvalue weighted by molar-refractivity contribution is -0.142. The van der Waals surface area contributed by atoms with E-state index in [1.807, 2.05) is 13.0 Å². The molecule has 1 aliphatic carbocycles. The molecule has 0 unspecified atom stereocenters. The Hall–Kier alpha value is -3.45. The topological polar surface area (TPSA) is 71.9 Å². The molecule has 3 atom stereocenters. The standard InChI is InChI=1S/C38H47FN2O4/c1-23(36(42)43)35(25-9-10-25)27-11-8-24-13-15-32(45-33(24)19-27)26-12-14-29(30-20-34(44-6)40-21-31(30)39)28(18-26)22-41-37(2,3)16-7-17-38(41,4)5/h8,11-12,14,18-21,23,25,32,35H,7,9-10,13,15-17,22H2,1-6H3,(H,42,43)/t23-,32-,35-/m0/s1. The highest BCUT2D eigenvalue weighted by molar-refractivity contribution is 5.71. The van der Waals surface area contributed by atoms with Crippen LogP contribution in [0.1, 0.15) is 107 Å². The van der Waals surface area contributed by atoms with E-state index in [0.717, 1.165) is 72.1 Å². The van der Waals surface area contributed by atoms with Gasteiger partial charge in [0, 0.05) is 29.3 Å². The van der Waals surface area contributed by atoms with Crippen molar-refractivity contribution >= 4 is 5.97 Å². The lowest BCUT2D eigenvalue weighted by Gasteiger charge is -2.53. The van der Waals surface area contributed by atoms with Gasteiger partial charge in [0.25, 0.3) is 0 Å². The van der Waals surface area contributed by atoms with E-state index in [4.69, 9.17) is 9.47 Å². The van der Waals surface area contributed by atoms with Gasteiger partial charge in [-0.25, -0.2) is 9.37 Å². The summed E-state index contributed by atoms with van der Waals surface area (Å²) in [5.74, 6) is 0.0638. The number of likely N-dealkylation sites (tertiary alicyclic amines) is 1. The van der Waals surface area contributed by atoms with E-state index in [9.17, 15) is 9.90 Å². The van der Waals surface area contributed by atoms with Crippen LogP contribution in [-0.4, -0.2) is 39.1 Å². The molecular weight excluding hydrogens is 567 g/mol. The number of ether oxygens (including phenoxy) is 2. The number of carboxylic acids is 1. The van der Waals surface area contributed by atoms with Crippen molar-refractivity contribution < 1.29 is 23.8 Å². The van der Waals surface area contributed by atoms with Crippen molar-refractivity contribution in [3.63, 3.8) is 0 Å². The Morgan fingerprint density at radius 2 is 1.80 bits per heavy atom. The zero-order valence-electron chi connectivity index (χ0n) is 27.5. The van der Waals surface area contributed by atoms with Crippen LogP contribution in [0.4, 0.5) is 4.39 Å². The SMILES string of the molecule is COc1cc(-c2ccc([C@@H]3CCc4ccc([C@H](C5CC5)[C@H](C)C(=O)O)cc4O3)cc2CN2C(C)(C)CCCC2(C)C)c(F)cn1. The number of piperidine rings is 1. The highest BCUT2D eigenvalue weighted by atomic mass is 19.1. The molecule has 2 fully saturated rings. The predicted molar refractivity (Wildman–Crippen MR) is 174 cm³/mol. The summed E-state index contributed by atoms with van der Waals surface area (Å²) >= 11 is 0. The van der Waals surface area contributed by atoms with Gasteiger partial charge >= 0.3 is 5.97 Å². The molecule has 0 spiro atoms. The first-order chi connectivity index (χ1) is 21.4. The number of methoxy groups -OCH3 is 1. The number of pyridine rings is 1. The number of benzene rings is 2. The van der Waals surface area contributed by atoms with Gasteiger partial charge in [0.15, 0.2) is 0 Å². The zero-order valence-corrected chi connectivity index (χ0v) is 27.5. The first kappa shape index (κ1) is 31.5. The number of fused-ring (bicyclic) bond motifs is 1. The number of aryl methyl sites for hydroxylation is 1. The van der Waals surface area contributed by atoms with Crippen LogP contribution in [0.3, 0.4) is 0 Å². The summed E-state index contributed by atoms with van der Waals surface area (Å²) in [6.45, 7) is 11.7. The molecule has 0 radical (unpaired) electrons. The smallest absolute Gasteiger partial charge is 0.306 e. The van der Waals surface area contributed by atoms with Crippen molar-refractivity contribution in [1.82, 2.24) is 9.88 Å². The number of carboxylic acid groups (broad SMARTS) is 1. The molecule has 1 N–H and O–H groups in total. The predicted octanol–water partition coefficient (Wildman–Crippen LogP) is 8.72. The van der Waals surface area contributed by atoms with Gasteiger partial charge in [-0.2, -0.15) is 0 Å². The largest absolute Gasteiger partial charge is 0.485 e. The highest BCUT2D eigenvalue weighted by Crippen LogP contribution is 2.49. The molecular formula is C38H47FN2O4. The second-order valence-corrected chi connectivity index (χ2v) is 14.7. The van der Waals surface area contributed by atoms with Crippen LogP contribution in [0.2, 0.25) is 0 Å². The van der Waals surface area contributed by atoms with Crippen LogP contribution in [-0.2, 0) is 17.8 Å². The number of carbonyl (C=O) groups is 1. The average molecular weight is 615 g/mol. The second kappa shape index (κ2) is 12.1. The van der Waals surface area contributed by atoms with Gasteiger partial charge in [0.1, 0.15) is 17.7 Å². The minimum absolute atomic E-state index is 0.00818. The summed E-state index contributed by atoms with van der Waals surface area (Å²) in [5, 5.41) is 9.81. The van der Waals surface area contributed by atoms with Gasteiger partial charge in [-0.05, 0) is 118 Å². The fraction of sp³-hybridized carbons (Fsp3) is 0.526. The molecule has 3 aliphatic rings. The lowest BCUT2D eigenvalue weighted by Crippen LogP contribution is -2.57. The number of hydrogen-bond donors (Lipinski definition) is 1. The van der Waals surface area contributed by atoms with Crippen LogP contribution in [0, 0.1) is 17.7 Å². The van der Waals surface area contributed by atoms with Crippen molar-refractivity contribution in [2.24, 2.45) is 11.8 Å². The second-order valence-electron chi connectivity index (χ2n) is 14.7. The molecule has 3 heterocycles. The Balaban J connectivity index is 1.37. The molecule has 6 rings (SSSR count). The van der Waals surface area contributed by atoms with Crippen LogP contribution < -0.4 is 9.47 Å². The molecule has 1 saturated carbocycles. The fourth-order valence-corrected chi connectivity index (χ4v) is 7.99. The molecule has 1 saturated heterocycles. The van der Waals surface area contributed by atoms with E-state index in [-0.39, 0.29) is 28.9 Å². The molecule has 240 valence electrons. The van der Waals surface area contributed by atoms with E-state index in [2.05, 4.69) is 67.9 Å². The maximum absolute atomic E-state index is 15.4. The maximum Gasteiger partial charge on any atom is 0.306 e. The van der Waals surface area contributed by atoms with Gasteiger partial charge in [0.2, 0.25) is 5.88 Å². The average Bonchev–Trinajstić information content (AvgIpc) is 3.84. The fourth-order valence-electron chi connectivity index (χ4n) is 7.99. The van der Waals surface area contributed by atoms with E-state index in [1.54, 1.807) is 13.2 Å². The molecule has 45 heavy (non-hydrogen) atoms. The molecule has 2 aromatic carbocycles. The van der Waals surface area contributed by atoms with E-state index < -0.39 is 11.9 Å². The molecule has 1 aromatic heterocycles. The van der Waals surface area contributed by atoms with Crippen molar-refractivity contribution in [2.45, 2.75) is 109 Å². The van der Waals surface area contributed by atoms with Crippen LogP contribution in [0.25, 0.3) is 11.1 Å². The monoisotopic (exact) mass is 614 g/mol. The zero-order chi connectivity index (χ0) is 32.1. The molecule has 6 nitrogen and oxygen atoms in total. The van der Waals surface area contributed by atoms with Gasteiger partial charge in [-0.15, -0.1) is 0 Å². The number of halogens is 1. The Labute approximate surface area is 267 Å². The summed E-state index contributed by atoms with van der Waals surface area (Å²) in [7, 11) is 1.55. The van der Waals surface area contributed by atoms with Crippen LogP contribution in [0.5, 0.6) is 11.6 Å². The highest BCUT2D eigenvalue weighted by Gasteiger charge is 2.42.